The highest BCUT2D eigenvalue weighted by atomic mass is 14.9. The summed E-state index contributed by atoms with van der Waals surface area (Å²) in [5.41, 5.74) is 5.42. The number of benzene rings is 3. The van der Waals surface area contributed by atoms with Crippen molar-refractivity contribution in [1.82, 2.24) is 5.32 Å². The van der Waals surface area contributed by atoms with E-state index in [0.717, 1.165) is 13.0 Å². The molecule has 120 valence electrons. The maximum absolute atomic E-state index is 3.70. The Morgan fingerprint density at radius 3 is 2.04 bits per heavy atom. The molecule has 0 saturated carbocycles. The van der Waals surface area contributed by atoms with Crippen LogP contribution in [0, 0.1) is 5.92 Å². The number of hydrogen-bond donors (Lipinski definition) is 1. The molecule has 1 N–H and O–H groups in total. The third kappa shape index (κ3) is 3.27. The molecule has 1 saturated heterocycles. The van der Waals surface area contributed by atoms with Crippen LogP contribution in [0.1, 0.15) is 23.6 Å². The smallest absolute Gasteiger partial charge is 0.0352 e. The SMILES string of the molecule is c1ccc(CC2CCNC2c2ccc(-c3ccccc3)cc2)cc1. The standard InChI is InChI=1S/C23H23N/c1-3-7-18(8-4-1)17-22-15-16-24-23(22)21-13-11-20(12-14-21)19-9-5-2-6-10-19/h1-14,22-24H,15-17H2. The van der Waals surface area contributed by atoms with Gasteiger partial charge in [-0.05, 0) is 47.6 Å². The van der Waals surface area contributed by atoms with E-state index in [1.54, 1.807) is 0 Å². The normalized spacial score (nSPS) is 20.2. The van der Waals surface area contributed by atoms with Crippen molar-refractivity contribution in [2.45, 2.75) is 18.9 Å². The second kappa shape index (κ2) is 7.02. The largest absolute Gasteiger partial charge is 0.310 e. The zero-order valence-corrected chi connectivity index (χ0v) is 13.9. The van der Waals surface area contributed by atoms with Crippen molar-refractivity contribution in [3.63, 3.8) is 0 Å². The van der Waals surface area contributed by atoms with Crippen molar-refractivity contribution in [3.05, 3.63) is 96.1 Å². The molecule has 0 aliphatic carbocycles. The van der Waals surface area contributed by atoms with Gasteiger partial charge < -0.3 is 5.32 Å². The van der Waals surface area contributed by atoms with Crippen molar-refractivity contribution < 1.29 is 0 Å². The van der Waals surface area contributed by atoms with E-state index in [2.05, 4.69) is 90.2 Å². The summed E-state index contributed by atoms with van der Waals surface area (Å²) in [6.07, 6.45) is 2.40. The maximum atomic E-state index is 3.70. The molecule has 4 rings (SSSR count). The Labute approximate surface area is 144 Å². The van der Waals surface area contributed by atoms with Gasteiger partial charge >= 0.3 is 0 Å². The quantitative estimate of drug-likeness (QED) is 0.694. The van der Waals surface area contributed by atoms with E-state index in [1.807, 2.05) is 0 Å². The minimum absolute atomic E-state index is 0.468. The van der Waals surface area contributed by atoms with Gasteiger partial charge in [-0.2, -0.15) is 0 Å². The second-order valence-corrected chi connectivity index (χ2v) is 6.66. The Kier molecular flexibility index (Phi) is 4.44. The lowest BCUT2D eigenvalue weighted by molar-refractivity contribution is 0.460. The predicted octanol–water partition coefficient (Wildman–Crippen LogP) is 5.25. The lowest BCUT2D eigenvalue weighted by Gasteiger charge is -2.20. The Morgan fingerprint density at radius 2 is 1.33 bits per heavy atom. The third-order valence-corrected chi connectivity index (χ3v) is 5.07. The van der Waals surface area contributed by atoms with Crippen molar-refractivity contribution in [2.24, 2.45) is 5.92 Å². The van der Waals surface area contributed by atoms with Gasteiger partial charge in [-0.25, -0.2) is 0 Å². The molecule has 1 heteroatoms. The Hall–Kier alpha value is -2.38. The van der Waals surface area contributed by atoms with Crippen LogP contribution in [0.3, 0.4) is 0 Å². The Bertz CT molecular complexity index is 762. The first-order valence-corrected chi connectivity index (χ1v) is 8.83. The predicted molar refractivity (Wildman–Crippen MR) is 101 cm³/mol. The molecule has 1 aliphatic heterocycles. The number of nitrogens with one attached hydrogen (secondary N) is 1. The summed E-state index contributed by atoms with van der Waals surface area (Å²) >= 11 is 0. The summed E-state index contributed by atoms with van der Waals surface area (Å²) < 4.78 is 0. The van der Waals surface area contributed by atoms with Gasteiger partial charge in [0, 0.05) is 6.04 Å². The first-order chi connectivity index (χ1) is 11.9. The minimum Gasteiger partial charge on any atom is -0.310 e. The molecule has 1 aliphatic rings. The van der Waals surface area contributed by atoms with E-state index in [4.69, 9.17) is 0 Å². The molecule has 0 radical (unpaired) electrons. The highest BCUT2D eigenvalue weighted by molar-refractivity contribution is 5.63. The molecule has 2 atom stereocenters. The molecule has 0 aromatic heterocycles. The Balaban J connectivity index is 1.52. The van der Waals surface area contributed by atoms with E-state index in [-0.39, 0.29) is 0 Å². The molecule has 0 spiro atoms. The van der Waals surface area contributed by atoms with E-state index < -0.39 is 0 Å². The first kappa shape index (κ1) is 15.2. The lowest BCUT2D eigenvalue weighted by atomic mass is 9.88. The fourth-order valence-electron chi connectivity index (χ4n) is 3.80. The summed E-state index contributed by atoms with van der Waals surface area (Å²) in [5.74, 6) is 0.676. The third-order valence-electron chi connectivity index (χ3n) is 5.07. The fourth-order valence-corrected chi connectivity index (χ4v) is 3.80. The molecule has 3 aromatic carbocycles. The zero-order chi connectivity index (χ0) is 16.2. The lowest BCUT2D eigenvalue weighted by Crippen LogP contribution is -2.19. The van der Waals surface area contributed by atoms with Crippen molar-refractivity contribution >= 4 is 0 Å². The summed E-state index contributed by atoms with van der Waals surface area (Å²) in [6, 6.07) is 31.0. The van der Waals surface area contributed by atoms with Crippen LogP contribution in [0.2, 0.25) is 0 Å². The van der Waals surface area contributed by atoms with Crippen molar-refractivity contribution in [3.8, 4) is 11.1 Å². The molecular formula is C23H23N. The highest BCUT2D eigenvalue weighted by Crippen LogP contribution is 2.33. The summed E-state index contributed by atoms with van der Waals surface area (Å²) in [6.45, 7) is 1.11. The monoisotopic (exact) mass is 313 g/mol. The van der Waals surface area contributed by atoms with Gasteiger partial charge in [0.05, 0.1) is 0 Å². The second-order valence-electron chi connectivity index (χ2n) is 6.66. The zero-order valence-electron chi connectivity index (χ0n) is 13.9. The average Bonchev–Trinajstić information content (AvgIpc) is 3.11. The number of hydrogen-bond acceptors (Lipinski definition) is 1. The van der Waals surface area contributed by atoms with Gasteiger partial charge in [0.1, 0.15) is 0 Å². The topological polar surface area (TPSA) is 12.0 Å². The van der Waals surface area contributed by atoms with Gasteiger partial charge in [-0.1, -0.05) is 84.9 Å². The Morgan fingerprint density at radius 1 is 0.708 bits per heavy atom. The molecule has 1 heterocycles. The molecule has 1 nitrogen and oxygen atoms in total. The summed E-state index contributed by atoms with van der Waals surface area (Å²) in [4.78, 5) is 0. The summed E-state index contributed by atoms with van der Waals surface area (Å²) in [7, 11) is 0. The van der Waals surface area contributed by atoms with E-state index in [0.29, 0.717) is 12.0 Å². The minimum atomic E-state index is 0.468. The van der Waals surface area contributed by atoms with Crippen LogP contribution < -0.4 is 5.32 Å². The van der Waals surface area contributed by atoms with Gasteiger partial charge in [0.15, 0.2) is 0 Å². The maximum Gasteiger partial charge on any atom is 0.0352 e. The molecule has 1 fully saturated rings. The fraction of sp³-hybridized carbons (Fsp3) is 0.217. The van der Waals surface area contributed by atoms with E-state index in [1.165, 1.54) is 28.7 Å². The first-order valence-electron chi connectivity index (χ1n) is 8.83. The van der Waals surface area contributed by atoms with Gasteiger partial charge in [-0.15, -0.1) is 0 Å². The van der Waals surface area contributed by atoms with Crippen molar-refractivity contribution in [2.75, 3.05) is 6.54 Å². The molecule has 24 heavy (non-hydrogen) atoms. The molecule has 3 aromatic rings. The average molecular weight is 313 g/mol. The van der Waals surface area contributed by atoms with Crippen molar-refractivity contribution in [1.29, 1.82) is 0 Å². The van der Waals surface area contributed by atoms with Gasteiger partial charge in [-0.3, -0.25) is 0 Å². The van der Waals surface area contributed by atoms with E-state index >= 15 is 0 Å². The van der Waals surface area contributed by atoms with Crippen LogP contribution in [0.5, 0.6) is 0 Å². The van der Waals surface area contributed by atoms with Crippen LogP contribution >= 0.6 is 0 Å². The van der Waals surface area contributed by atoms with Crippen LogP contribution in [-0.4, -0.2) is 6.54 Å². The van der Waals surface area contributed by atoms with E-state index in [9.17, 15) is 0 Å². The molecular weight excluding hydrogens is 290 g/mol. The number of rotatable bonds is 4. The molecule has 0 amide bonds. The van der Waals surface area contributed by atoms with Crippen LogP contribution in [0.4, 0.5) is 0 Å². The molecule has 2 unspecified atom stereocenters. The highest BCUT2D eigenvalue weighted by Gasteiger charge is 2.28. The van der Waals surface area contributed by atoms with Gasteiger partial charge in [0.2, 0.25) is 0 Å². The van der Waals surface area contributed by atoms with Gasteiger partial charge in [0.25, 0.3) is 0 Å². The van der Waals surface area contributed by atoms with Crippen LogP contribution in [0.15, 0.2) is 84.9 Å². The van der Waals surface area contributed by atoms with Crippen LogP contribution in [0.25, 0.3) is 11.1 Å². The molecule has 0 bridgehead atoms. The van der Waals surface area contributed by atoms with Crippen LogP contribution in [-0.2, 0) is 6.42 Å². The summed E-state index contributed by atoms with van der Waals surface area (Å²) in [5, 5.41) is 3.70.